The van der Waals surface area contributed by atoms with Crippen molar-refractivity contribution in [1.82, 2.24) is 14.6 Å². The van der Waals surface area contributed by atoms with Crippen LogP contribution in [0.25, 0.3) is 10.8 Å². The second-order valence-electron chi connectivity index (χ2n) is 9.48. The minimum atomic E-state index is -1.76. The fraction of sp³-hybridized carbons (Fsp3) is 0.423. The number of carbonyl (C=O) groups is 1. The van der Waals surface area contributed by atoms with Crippen LogP contribution < -0.4 is 21.0 Å². The molecule has 204 valence electrons. The van der Waals surface area contributed by atoms with Crippen molar-refractivity contribution in [2.75, 3.05) is 12.3 Å². The second-order valence-corrected chi connectivity index (χ2v) is 11.6. The van der Waals surface area contributed by atoms with Crippen molar-refractivity contribution < 1.29 is 23.3 Å². The molecule has 1 saturated heterocycles. The maximum Gasteiger partial charge on any atom is 0.351 e. The summed E-state index contributed by atoms with van der Waals surface area (Å²) in [6.45, 7) is 7.49. The molecule has 4 rings (SSSR count). The molecule has 10 nitrogen and oxygen atoms in total. The van der Waals surface area contributed by atoms with Crippen molar-refractivity contribution in [1.29, 1.82) is 0 Å². The van der Waals surface area contributed by atoms with Gasteiger partial charge in [-0.15, -0.1) is 0 Å². The van der Waals surface area contributed by atoms with E-state index in [-0.39, 0.29) is 30.6 Å². The monoisotopic (exact) mass is 606 g/mol. The van der Waals surface area contributed by atoms with Crippen LogP contribution >= 0.6 is 24.5 Å². The molecule has 1 aromatic heterocycles. The lowest BCUT2D eigenvalue weighted by atomic mass is 10.1. The molecule has 2 heterocycles. The zero-order chi connectivity index (χ0) is 27.4. The molecule has 3 aromatic rings. The molecule has 0 saturated carbocycles. The van der Waals surface area contributed by atoms with E-state index in [0.717, 1.165) is 10.8 Å². The molecule has 5 atom stereocenters. The number of nitrogens with zero attached hydrogens (tertiary/aromatic N) is 2. The third kappa shape index (κ3) is 6.90. The van der Waals surface area contributed by atoms with Crippen LogP contribution in [0.5, 0.6) is 5.75 Å². The first-order chi connectivity index (χ1) is 18.1. The molecule has 0 radical (unpaired) electrons. The minimum Gasteiger partial charge on any atom is -0.462 e. The number of nitrogens with two attached hydrogens (primary N) is 1. The Morgan fingerprint density at radius 2 is 2.00 bits per heavy atom. The van der Waals surface area contributed by atoms with Crippen molar-refractivity contribution in [3.05, 3.63) is 63.6 Å². The Kier molecular flexibility index (Phi) is 9.38. The molecular weight excluding hydrogens is 575 g/mol. The van der Waals surface area contributed by atoms with E-state index in [9.17, 15) is 9.59 Å². The predicted octanol–water partition coefficient (Wildman–Crippen LogP) is 4.92. The minimum absolute atomic E-state index is 0.0248. The standard InChI is InChI=1S/C26H32BrN4O6P/c1-15(2)35-25(32)17(4)30-38(37-22-11-7-9-18-8-5-6-10-20(18)22)34-14-19-12-16(3)24(36-19)31-13-21(27)23(28)29-26(31)33/h5-11,13,15-17,19,24,30H,12,14H2,1-4H3,(H2,28,29,33)/t16-,17?,19?,24?,38-/m0/s1. The van der Waals surface area contributed by atoms with Gasteiger partial charge in [-0.05, 0) is 54.6 Å². The van der Waals surface area contributed by atoms with Crippen molar-refractivity contribution in [2.45, 2.75) is 58.6 Å². The highest BCUT2D eigenvalue weighted by Crippen LogP contribution is 2.41. The van der Waals surface area contributed by atoms with Crippen LogP contribution in [0.3, 0.4) is 0 Å². The van der Waals surface area contributed by atoms with Gasteiger partial charge in [0.05, 0.1) is 23.3 Å². The Balaban J connectivity index is 1.48. The van der Waals surface area contributed by atoms with Crippen LogP contribution in [0, 0.1) is 5.92 Å². The molecule has 0 amide bonds. The van der Waals surface area contributed by atoms with E-state index in [1.54, 1.807) is 27.0 Å². The number of carbonyl (C=O) groups excluding carboxylic acids is 1. The van der Waals surface area contributed by atoms with Gasteiger partial charge in [0.2, 0.25) is 0 Å². The van der Waals surface area contributed by atoms with Crippen LogP contribution in [-0.2, 0) is 18.8 Å². The lowest BCUT2D eigenvalue weighted by Crippen LogP contribution is -2.35. The number of nitrogen functional groups attached to an aromatic ring is 1. The molecule has 2 aromatic carbocycles. The van der Waals surface area contributed by atoms with E-state index in [1.807, 2.05) is 49.4 Å². The molecule has 12 heteroatoms. The number of benzene rings is 2. The van der Waals surface area contributed by atoms with Crippen LogP contribution in [0.4, 0.5) is 5.82 Å². The molecule has 1 aliphatic heterocycles. The van der Waals surface area contributed by atoms with Crippen LogP contribution in [0.1, 0.15) is 40.3 Å². The number of anilines is 1. The number of aromatic nitrogens is 2. The van der Waals surface area contributed by atoms with Crippen LogP contribution in [0.2, 0.25) is 0 Å². The summed E-state index contributed by atoms with van der Waals surface area (Å²) in [7, 11) is -1.76. The van der Waals surface area contributed by atoms with E-state index in [4.69, 9.17) is 24.3 Å². The Bertz CT molecular complexity index is 1330. The first-order valence-electron chi connectivity index (χ1n) is 12.4. The number of rotatable bonds is 10. The lowest BCUT2D eigenvalue weighted by Gasteiger charge is -2.24. The smallest absolute Gasteiger partial charge is 0.351 e. The van der Waals surface area contributed by atoms with Crippen molar-refractivity contribution in [3.8, 4) is 5.75 Å². The normalized spacial score (nSPS) is 20.9. The lowest BCUT2D eigenvalue weighted by molar-refractivity contribution is -0.149. The fourth-order valence-electron chi connectivity index (χ4n) is 4.16. The van der Waals surface area contributed by atoms with E-state index in [0.29, 0.717) is 16.6 Å². The summed E-state index contributed by atoms with van der Waals surface area (Å²) in [6, 6.07) is 13.0. The Hall–Kier alpha value is -2.56. The van der Waals surface area contributed by atoms with Gasteiger partial charge in [-0.1, -0.05) is 43.3 Å². The molecule has 3 unspecified atom stereocenters. The van der Waals surface area contributed by atoms with Gasteiger partial charge in [0.25, 0.3) is 0 Å². The summed E-state index contributed by atoms with van der Waals surface area (Å²) in [5, 5.41) is 5.09. The molecule has 0 aliphatic carbocycles. The first-order valence-corrected chi connectivity index (χ1v) is 14.3. The van der Waals surface area contributed by atoms with E-state index in [2.05, 4.69) is 26.0 Å². The van der Waals surface area contributed by atoms with Gasteiger partial charge in [-0.3, -0.25) is 9.36 Å². The van der Waals surface area contributed by atoms with Gasteiger partial charge in [-0.25, -0.2) is 9.88 Å². The Labute approximate surface area is 230 Å². The topological polar surface area (TPSA) is 127 Å². The zero-order valence-corrected chi connectivity index (χ0v) is 24.1. The largest absolute Gasteiger partial charge is 0.462 e. The Morgan fingerprint density at radius 1 is 1.26 bits per heavy atom. The predicted molar refractivity (Wildman–Crippen MR) is 150 cm³/mol. The van der Waals surface area contributed by atoms with E-state index in [1.165, 1.54) is 4.57 Å². The fourth-order valence-corrected chi connectivity index (χ4v) is 5.71. The van der Waals surface area contributed by atoms with Crippen molar-refractivity contribution >= 4 is 47.0 Å². The molecule has 1 fully saturated rings. The number of hydrogen-bond donors (Lipinski definition) is 2. The third-order valence-electron chi connectivity index (χ3n) is 5.97. The SMILES string of the molecule is CC(C)OC(=O)C(C)N[P@@](OCC1C[C@H](C)C(n2cc(Br)c(N)nc2=O)O1)Oc1cccc2ccccc12. The summed E-state index contributed by atoms with van der Waals surface area (Å²) < 4.78 is 25.9. The molecule has 3 N–H and O–H groups in total. The summed E-state index contributed by atoms with van der Waals surface area (Å²) in [4.78, 5) is 28.8. The summed E-state index contributed by atoms with van der Waals surface area (Å²) >= 11 is 3.32. The maximum atomic E-state index is 12.5. The summed E-state index contributed by atoms with van der Waals surface area (Å²) in [5.74, 6) is 0.388. The third-order valence-corrected chi connectivity index (χ3v) is 7.93. The quantitative estimate of drug-likeness (QED) is 0.244. The van der Waals surface area contributed by atoms with Gasteiger partial charge >= 0.3 is 20.2 Å². The highest BCUT2D eigenvalue weighted by molar-refractivity contribution is 9.10. The summed E-state index contributed by atoms with van der Waals surface area (Å²) in [5.41, 5.74) is 5.25. The molecule has 0 spiro atoms. The average molecular weight is 607 g/mol. The average Bonchev–Trinajstić information content (AvgIpc) is 3.24. The molecule has 1 aliphatic rings. The van der Waals surface area contributed by atoms with Gasteiger partial charge in [0, 0.05) is 17.5 Å². The maximum absolute atomic E-state index is 12.5. The Morgan fingerprint density at radius 3 is 2.76 bits per heavy atom. The number of esters is 1. The zero-order valence-electron chi connectivity index (χ0n) is 21.7. The van der Waals surface area contributed by atoms with Crippen molar-refractivity contribution in [2.24, 2.45) is 5.92 Å². The van der Waals surface area contributed by atoms with Crippen LogP contribution in [-0.4, -0.2) is 40.4 Å². The molecule has 0 bridgehead atoms. The van der Waals surface area contributed by atoms with E-state index < -0.39 is 32.5 Å². The number of hydrogen-bond acceptors (Lipinski definition) is 9. The first kappa shape index (κ1) is 28.4. The van der Waals surface area contributed by atoms with Crippen molar-refractivity contribution in [3.63, 3.8) is 0 Å². The molecular formula is C26H32BrN4O6P. The van der Waals surface area contributed by atoms with Gasteiger partial charge in [0.1, 0.15) is 23.8 Å². The van der Waals surface area contributed by atoms with Gasteiger partial charge in [0.15, 0.2) is 0 Å². The number of fused-ring (bicyclic) bond motifs is 1. The van der Waals surface area contributed by atoms with Crippen LogP contribution in [0.15, 0.2) is 57.9 Å². The number of halogens is 1. The highest BCUT2D eigenvalue weighted by Gasteiger charge is 2.36. The summed E-state index contributed by atoms with van der Waals surface area (Å²) in [6.07, 6.45) is 1.18. The van der Waals surface area contributed by atoms with E-state index >= 15 is 0 Å². The number of ether oxygens (including phenoxy) is 2. The highest BCUT2D eigenvalue weighted by atomic mass is 79.9. The molecule has 38 heavy (non-hydrogen) atoms. The second kappa shape index (κ2) is 12.5. The van der Waals surface area contributed by atoms with Gasteiger partial charge in [-0.2, -0.15) is 4.98 Å². The number of nitrogens with one attached hydrogen (secondary N) is 1. The van der Waals surface area contributed by atoms with Gasteiger partial charge < -0.3 is 24.3 Å².